The molecule has 0 radical (unpaired) electrons. The van der Waals surface area contributed by atoms with Gasteiger partial charge in [-0.2, -0.15) is 0 Å². The summed E-state index contributed by atoms with van der Waals surface area (Å²) in [5.74, 6) is 0. The predicted molar refractivity (Wildman–Crippen MR) is 122 cm³/mol. The molecule has 4 rings (SSSR count). The number of aryl methyl sites for hydroxylation is 3. The van der Waals surface area contributed by atoms with Crippen LogP contribution in [0, 0.1) is 13.8 Å². The summed E-state index contributed by atoms with van der Waals surface area (Å²) in [6.07, 6.45) is 5.12. The molecule has 9 heteroatoms. The van der Waals surface area contributed by atoms with E-state index in [-0.39, 0.29) is 12.1 Å². The number of aliphatic hydroxyl groups is 1. The van der Waals surface area contributed by atoms with E-state index in [0.717, 1.165) is 37.3 Å². The van der Waals surface area contributed by atoms with Crippen LogP contribution in [0.25, 0.3) is 0 Å². The summed E-state index contributed by atoms with van der Waals surface area (Å²) in [4.78, 5) is 13.0. The largest absolute Gasteiger partial charge is 0.388 e. The van der Waals surface area contributed by atoms with Crippen LogP contribution in [-0.4, -0.2) is 63.2 Å². The van der Waals surface area contributed by atoms with Crippen LogP contribution >= 0.6 is 0 Å². The van der Waals surface area contributed by atoms with Gasteiger partial charge in [-0.15, -0.1) is 5.10 Å². The maximum Gasteiger partial charge on any atom is 0.169 e. The molecule has 2 aliphatic rings. The zero-order valence-electron chi connectivity index (χ0n) is 19.5. The number of hydrogen-bond acceptors (Lipinski definition) is 8. The molecule has 2 aliphatic heterocycles. The average molecular weight is 443 g/mol. The summed E-state index contributed by atoms with van der Waals surface area (Å²) < 4.78 is 6.94. The highest BCUT2D eigenvalue weighted by molar-refractivity contribution is 5.81. The van der Waals surface area contributed by atoms with Gasteiger partial charge in [-0.3, -0.25) is 4.98 Å². The Bertz CT molecular complexity index is 959. The molecule has 4 heterocycles. The number of rotatable bonds is 7. The first-order valence-electron chi connectivity index (χ1n) is 11.5. The van der Waals surface area contributed by atoms with Gasteiger partial charge in [0.15, 0.2) is 6.10 Å². The Morgan fingerprint density at radius 2 is 2.19 bits per heavy atom. The molecule has 0 aromatic carbocycles. The first-order chi connectivity index (χ1) is 15.4. The van der Waals surface area contributed by atoms with Crippen LogP contribution in [0.5, 0.6) is 0 Å². The second-order valence-electron chi connectivity index (χ2n) is 8.92. The van der Waals surface area contributed by atoms with Crippen LogP contribution in [0.15, 0.2) is 17.4 Å². The van der Waals surface area contributed by atoms with Gasteiger partial charge in [-0.1, -0.05) is 10.4 Å². The van der Waals surface area contributed by atoms with Gasteiger partial charge in [0.2, 0.25) is 0 Å². The summed E-state index contributed by atoms with van der Waals surface area (Å²) in [7, 11) is 0. The zero-order chi connectivity index (χ0) is 22.7. The fraction of sp³-hybridized carbons (Fsp3) is 0.652. The monoisotopic (exact) mass is 442 g/mol. The molecule has 0 aliphatic carbocycles. The minimum Gasteiger partial charge on any atom is -0.388 e. The van der Waals surface area contributed by atoms with Gasteiger partial charge in [-0.05, 0) is 58.6 Å². The lowest BCUT2D eigenvalue weighted by Crippen LogP contribution is -2.27. The molecule has 174 valence electrons. The number of ether oxygens (including phenoxy) is 1. The van der Waals surface area contributed by atoms with Gasteiger partial charge in [0.05, 0.1) is 36.5 Å². The number of nitrogens with zero attached hydrogens (tertiary/aromatic N) is 6. The molecule has 0 bridgehead atoms. The van der Waals surface area contributed by atoms with E-state index in [1.807, 2.05) is 13.8 Å². The molecule has 1 N–H and O–H groups in total. The molecule has 2 aromatic heterocycles. The Kier molecular flexibility index (Phi) is 7.05. The highest BCUT2D eigenvalue weighted by atomic mass is 16.6. The molecular weight excluding hydrogens is 408 g/mol. The third-order valence-corrected chi connectivity index (χ3v) is 6.37. The third-order valence-electron chi connectivity index (χ3n) is 6.37. The van der Waals surface area contributed by atoms with Crippen LogP contribution < -0.4 is 4.90 Å². The molecule has 1 fully saturated rings. The first-order valence-corrected chi connectivity index (χ1v) is 11.5. The highest BCUT2D eigenvalue weighted by Gasteiger charge is 2.29. The van der Waals surface area contributed by atoms with Crippen LogP contribution in [-0.2, 0) is 16.0 Å². The Hall–Kier alpha value is -2.52. The Morgan fingerprint density at radius 3 is 2.97 bits per heavy atom. The number of anilines is 1. The molecule has 3 atom stereocenters. The molecule has 0 unspecified atom stereocenters. The van der Waals surface area contributed by atoms with Gasteiger partial charge in [0.25, 0.3) is 0 Å². The lowest BCUT2D eigenvalue weighted by atomic mass is 10.1. The molecule has 1 saturated heterocycles. The van der Waals surface area contributed by atoms with Crippen molar-refractivity contribution in [1.29, 1.82) is 0 Å². The van der Waals surface area contributed by atoms with E-state index in [4.69, 9.17) is 14.6 Å². The summed E-state index contributed by atoms with van der Waals surface area (Å²) in [5.41, 5.74) is 6.46. The number of fused-ring (bicyclic) bond motifs is 1. The molecule has 2 aromatic rings. The van der Waals surface area contributed by atoms with E-state index in [1.54, 1.807) is 10.9 Å². The van der Waals surface area contributed by atoms with Gasteiger partial charge < -0.3 is 19.6 Å². The minimum absolute atomic E-state index is 0.202. The van der Waals surface area contributed by atoms with E-state index < -0.39 is 6.10 Å². The SMILES string of the molecule is CC(CCN1CCCCc2nc(C)c(C)cc21)=NO[C@H](C)c1cn([C@@H]2COC[C@@H]2O)nn1. The number of hydrogen-bond donors (Lipinski definition) is 1. The summed E-state index contributed by atoms with van der Waals surface area (Å²) >= 11 is 0. The van der Waals surface area contributed by atoms with Crippen molar-refractivity contribution in [3.63, 3.8) is 0 Å². The fourth-order valence-electron chi connectivity index (χ4n) is 4.13. The number of aromatic nitrogens is 4. The molecular formula is C23H34N6O3. The quantitative estimate of drug-likeness (QED) is 0.520. The van der Waals surface area contributed by atoms with Crippen molar-refractivity contribution in [3.8, 4) is 0 Å². The normalized spacial score (nSPS) is 22.5. The van der Waals surface area contributed by atoms with Crippen molar-refractivity contribution in [2.75, 3.05) is 31.2 Å². The maximum absolute atomic E-state index is 9.97. The number of oxime groups is 1. The van der Waals surface area contributed by atoms with Crippen molar-refractivity contribution >= 4 is 11.4 Å². The molecule has 32 heavy (non-hydrogen) atoms. The Balaban J connectivity index is 1.34. The zero-order valence-corrected chi connectivity index (χ0v) is 19.5. The van der Waals surface area contributed by atoms with E-state index in [0.29, 0.717) is 18.9 Å². The smallest absolute Gasteiger partial charge is 0.169 e. The maximum atomic E-state index is 9.97. The fourth-order valence-corrected chi connectivity index (χ4v) is 4.13. The minimum atomic E-state index is -0.562. The second kappa shape index (κ2) is 9.95. The van der Waals surface area contributed by atoms with Gasteiger partial charge in [0, 0.05) is 25.2 Å². The predicted octanol–water partition coefficient (Wildman–Crippen LogP) is 2.91. The molecule has 0 amide bonds. The van der Waals surface area contributed by atoms with Gasteiger partial charge >= 0.3 is 0 Å². The molecule has 9 nitrogen and oxygen atoms in total. The summed E-state index contributed by atoms with van der Waals surface area (Å²) in [5, 5.41) is 22.6. The number of aliphatic hydroxyl groups excluding tert-OH is 1. The lowest BCUT2D eigenvalue weighted by Gasteiger charge is -2.25. The summed E-state index contributed by atoms with van der Waals surface area (Å²) in [6.45, 7) is 10.8. The van der Waals surface area contributed by atoms with E-state index in [9.17, 15) is 5.11 Å². The third kappa shape index (κ3) is 5.10. The van der Waals surface area contributed by atoms with Crippen LogP contribution in [0.1, 0.15) is 67.9 Å². The Labute approximate surface area is 189 Å². The van der Waals surface area contributed by atoms with Crippen LogP contribution in [0.2, 0.25) is 0 Å². The topological polar surface area (TPSA) is 97.9 Å². The standard InChI is InChI=1S/C23H34N6O3/c1-15-11-21-19(24-17(15)3)7-5-6-9-28(21)10-8-16(2)26-32-18(4)20-12-29(27-25-20)22-13-31-14-23(22)30/h11-12,18,22-23,30H,5-10,13-14H2,1-4H3/t18-,22-,23+/m1/s1. The van der Waals surface area contributed by atoms with E-state index in [1.165, 1.54) is 29.8 Å². The average Bonchev–Trinajstić information content (AvgIpc) is 3.38. The Morgan fingerprint density at radius 1 is 1.34 bits per heavy atom. The van der Waals surface area contributed by atoms with Crippen LogP contribution in [0.3, 0.4) is 0 Å². The first kappa shape index (κ1) is 22.7. The second-order valence-corrected chi connectivity index (χ2v) is 8.92. The van der Waals surface area contributed by atoms with Gasteiger partial charge in [-0.25, -0.2) is 4.68 Å². The van der Waals surface area contributed by atoms with E-state index in [2.05, 4.69) is 40.3 Å². The molecule has 0 spiro atoms. The van der Waals surface area contributed by atoms with Gasteiger partial charge in [0.1, 0.15) is 17.8 Å². The lowest BCUT2D eigenvalue weighted by molar-refractivity contribution is 0.0685. The summed E-state index contributed by atoms with van der Waals surface area (Å²) in [6, 6.07) is 2.08. The van der Waals surface area contributed by atoms with Crippen molar-refractivity contribution in [1.82, 2.24) is 20.0 Å². The van der Waals surface area contributed by atoms with Crippen molar-refractivity contribution in [2.45, 2.75) is 71.6 Å². The van der Waals surface area contributed by atoms with Crippen molar-refractivity contribution in [2.24, 2.45) is 5.16 Å². The molecule has 0 saturated carbocycles. The highest BCUT2D eigenvalue weighted by Crippen LogP contribution is 2.27. The van der Waals surface area contributed by atoms with Crippen LogP contribution in [0.4, 0.5) is 5.69 Å². The number of pyridine rings is 1. The van der Waals surface area contributed by atoms with Crippen molar-refractivity contribution < 1.29 is 14.7 Å². The van der Waals surface area contributed by atoms with E-state index >= 15 is 0 Å². The van der Waals surface area contributed by atoms with Crippen molar-refractivity contribution in [3.05, 3.63) is 34.9 Å².